The lowest BCUT2D eigenvalue weighted by atomic mass is 9.90. The van der Waals surface area contributed by atoms with Crippen molar-refractivity contribution in [3.8, 4) is 0 Å². The summed E-state index contributed by atoms with van der Waals surface area (Å²) in [6, 6.07) is 8.91. The van der Waals surface area contributed by atoms with Crippen molar-refractivity contribution in [3.05, 3.63) is 59.2 Å². The smallest absolute Gasteiger partial charge is 0.277 e. The highest BCUT2D eigenvalue weighted by atomic mass is 16.1. The summed E-state index contributed by atoms with van der Waals surface area (Å²) < 4.78 is 0. The van der Waals surface area contributed by atoms with Crippen molar-refractivity contribution in [2.45, 2.75) is 20.8 Å². The minimum Gasteiger partial charge on any atom is -0.290 e. The summed E-state index contributed by atoms with van der Waals surface area (Å²) in [7, 11) is 0. The SMILES string of the molecule is CC1=CC(=O)C(C(C)C)=CC1=NC(=O)c1ccccc1. The fourth-order valence-corrected chi connectivity index (χ4v) is 2.01. The second-order valence-corrected chi connectivity index (χ2v) is 5.11. The highest BCUT2D eigenvalue weighted by molar-refractivity contribution is 6.24. The molecule has 0 saturated carbocycles. The number of aliphatic imine (C=N–C) groups is 1. The van der Waals surface area contributed by atoms with Crippen LogP contribution in [-0.4, -0.2) is 17.4 Å². The number of allylic oxidation sites excluding steroid dienone is 4. The molecular weight excluding hydrogens is 250 g/mol. The Kier molecular flexibility index (Phi) is 4.08. The van der Waals surface area contributed by atoms with Gasteiger partial charge in [0.25, 0.3) is 5.91 Å². The summed E-state index contributed by atoms with van der Waals surface area (Å²) in [6.07, 6.45) is 3.27. The van der Waals surface area contributed by atoms with Gasteiger partial charge >= 0.3 is 0 Å². The maximum absolute atomic E-state index is 12.1. The Morgan fingerprint density at radius 3 is 2.35 bits per heavy atom. The minimum absolute atomic E-state index is 0.00334. The number of rotatable bonds is 2. The van der Waals surface area contributed by atoms with E-state index in [0.717, 1.165) is 5.57 Å². The number of carbonyl (C=O) groups excluding carboxylic acids is 2. The van der Waals surface area contributed by atoms with E-state index in [-0.39, 0.29) is 17.6 Å². The predicted molar refractivity (Wildman–Crippen MR) is 79.9 cm³/mol. The molecule has 2 rings (SSSR count). The molecule has 0 atom stereocenters. The van der Waals surface area contributed by atoms with Gasteiger partial charge in [-0.2, -0.15) is 0 Å². The van der Waals surface area contributed by atoms with Crippen molar-refractivity contribution in [1.29, 1.82) is 0 Å². The molecule has 0 N–H and O–H groups in total. The van der Waals surface area contributed by atoms with Gasteiger partial charge in [-0.1, -0.05) is 32.0 Å². The van der Waals surface area contributed by atoms with E-state index in [1.54, 1.807) is 43.3 Å². The predicted octanol–water partition coefficient (Wildman–Crippen LogP) is 3.38. The summed E-state index contributed by atoms with van der Waals surface area (Å²) in [4.78, 5) is 28.1. The van der Waals surface area contributed by atoms with Gasteiger partial charge < -0.3 is 0 Å². The van der Waals surface area contributed by atoms with Gasteiger partial charge in [-0.15, -0.1) is 0 Å². The first-order valence-electron chi connectivity index (χ1n) is 6.61. The molecule has 1 amide bonds. The van der Waals surface area contributed by atoms with Gasteiger partial charge in [0.1, 0.15) is 0 Å². The quantitative estimate of drug-likeness (QED) is 0.771. The van der Waals surface area contributed by atoms with E-state index in [2.05, 4.69) is 4.99 Å². The fraction of sp³-hybridized carbons (Fsp3) is 0.235. The topological polar surface area (TPSA) is 46.5 Å². The van der Waals surface area contributed by atoms with Crippen LogP contribution in [0.5, 0.6) is 0 Å². The van der Waals surface area contributed by atoms with E-state index in [0.29, 0.717) is 16.8 Å². The molecule has 1 aromatic carbocycles. The number of carbonyl (C=O) groups is 2. The molecule has 3 heteroatoms. The third-order valence-corrected chi connectivity index (χ3v) is 3.19. The van der Waals surface area contributed by atoms with Crippen LogP contribution in [0.1, 0.15) is 31.1 Å². The molecule has 20 heavy (non-hydrogen) atoms. The van der Waals surface area contributed by atoms with Crippen LogP contribution in [0.15, 0.2) is 58.6 Å². The molecule has 1 aromatic rings. The summed E-state index contributed by atoms with van der Waals surface area (Å²) in [5, 5.41) is 0. The first kappa shape index (κ1) is 14.1. The summed E-state index contributed by atoms with van der Waals surface area (Å²) in [5.74, 6) is -0.172. The lowest BCUT2D eigenvalue weighted by molar-refractivity contribution is -0.111. The third kappa shape index (κ3) is 2.99. The molecule has 0 unspecified atom stereocenters. The number of nitrogens with zero attached hydrogens (tertiary/aromatic N) is 1. The third-order valence-electron chi connectivity index (χ3n) is 3.19. The average Bonchev–Trinajstić information content (AvgIpc) is 2.42. The molecule has 0 spiro atoms. The Morgan fingerprint density at radius 1 is 1.10 bits per heavy atom. The molecule has 0 fully saturated rings. The number of amides is 1. The number of hydrogen-bond donors (Lipinski definition) is 0. The van der Waals surface area contributed by atoms with E-state index in [9.17, 15) is 9.59 Å². The molecule has 0 saturated heterocycles. The lowest BCUT2D eigenvalue weighted by Gasteiger charge is -2.14. The Balaban J connectivity index is 2.36. The van der Waals surface area contributed by atoms with Crippen molar-refractivity contribution in [3.63, 3.8) is 0 Å². The van der Waals surface area contributed by atoms with Crippen molar-refractivity contribution < 1.29 is 9.59 Å². The maximum atomic E-state index is 12.1. The van der Waals surface area contributed by atoms with E-state index in [4.69, 9.17) is 0 Å². The fourth-order valence-electron chi connectivity index (χ4n) is 2.01. The number of hydrogen-bond acceptors (Lipinski definition) is 2. The summed E-state index contributed by atoms with van der Waals surface area (Å²) >= 11 is 0. The molecule has 0 radical (unpaired) electrons. The van der Waals surface area contributed by atoms with E-state index in [1.807, 2.05) is 19.9 Å². The highest BCUT2D eigenvalue weighted by Crippen LogP contribution is 2.19. The van der Waals surface area contributed by atoms with Crippen LogP contribution < -0.4 is 0 Å². The van der Waals surface area contributed by atoms with Crippen LogP contribution in [0, 0.1) is 5.92 Å². The van der Waals surface area contributed by atoms with Crippen molar-refractivity contribution in [2.24, 2.45) is 10.9 Å². The summed E-state index contributed by atoms with van der Waals surface area (Å²) in [5.41, 5.74) is 2.53. The molecule has 1 aliphatic carbocycles. The molecule has 0 bridgehead atoms. The molecule has 0 heterocycles. The second-order valence-electron chi connectivity index (χ2n) is 5.11. The Hall–Kier alpha value is -2.29. The Bertz CT molecular complexity index is 634. The van der Waals surface area contributed by atoms with Crippen LogP contribution in [0.2, 0.25) is 0 Å². The van der Waals surface area contributed by atoms with Gasteiger partial charge in [-0.25, -0.2) is 4.99 Å². The van der Waals surface area contributed by atoms with Gasteiger partial charge in [-0.05, 0) is 42.7 Å². The zero-order valence-electron chi connectivity index (χ0n) is 11.9. The van der Waals surface area contributed by atoms with Gasteiger partial charge in [0.2, 0.25) is 0 Å². The first-order valence-corrected chi connectivity index (χ1v) is 6.61. The molecule has 0 aliphatic heterocycles. The Labute approximate surface area is 118 Å². The van der Waals surface area contributed by atoms with Crippen molar-refractivity contribution in [1.82, 2.24) is 0 Å². The number of ketones is 1. The largest absolute Gasteiger partial charge is 0.290 e. The van der Waals surface area contributed by atoms with Crippen LogP contribution >= 0.6 is 0 Å². The summed E-state index contributed by atoms with van der Waals surface area (Å²) in [6.45, 7) is 5.70. The highest BCUT2D eigenvalue weighted by Gasteiger charge is 2.19. The van der Waals surface area contributed by atoms with Crippen LogP contribution in [0.4, 0.5) is 0 Å². The van der Waals surface area contributed by atoms with Crippen LogP contribution in [-0.2, 0) is 4.79 Å². The van der Waals surface area contributed by atoms with Gasteiger partial charge in [0, 0.05) is 11.1 Å². The number of benzene rings is 1. The zero-order valence-corrected chi connectivity index (χ0v) is 11.9. The molecule has 0 aromatic heterocycles. The lowest BCUT2D eigenvalue weighted by Crippen LogP contribution is -2.16. The average molecular weight is 267 g/mol. The van der Waals surface area contributed by atoms with Crippen LogP contribution in [0.3, 0.4) is 0 Å². The van der Waals surface area contributed by atoms with Crippen LogP contribution in [0.25, 0.3) is 0 Å². The van der Waals surface area contributed by atoms with Gasteiger partial charge in [-0.3, -0.25) is 9.59 Å². The molecule has 3 nitrogen and oxygen atoms in total. The molecule has 1 aliphatic rings. The van der Waals surface area contributed by atoms with Crippen molar-refractivity contribution >= 4 is 17.4 Å². The monoisotopic (exact) mass is 267 g/mol. The maximum Gasteiger partial charge on any atom is 0.277 e. The normalized spacial score (nSPS) is 17.2. The van der Waals surface area contributed by atoms with Gasteiger partial charge in [0.05, 0.1) is 5.71 Å². The zero-order chi connectivity index (χ0) is 14.7. The van der Waals surface area contributed by atoms with E-state index >= 15 is 0 Å². The van der Waals surface area contributed by atoms with Crippen molar-refractivity contribution in [2.75, 3.05) is 0 Å². The second kappa shape index (κ2) is 5.78. The van der Waals surface area contributed by atoms with E-state index in [1.165, 1.54) is 0 Å². The van der Waals surface area contributed by atoms with E-state index < -0.39 is 0 Å². The molecular formula is C17H17NO2. The first-order chi connectivity index (χ1) is 9.49. The minimum atomic E-state index is -0.290. The standard InChI is InChI=1S/C17H17NO2/c1-11(2)14-10-15(12(3)9-16(14)19)18-17(20)13-7-5-4-6-8-13/h4-11H,1-3H3. The Morgan fingerprint density at radius 2 is 1.75 bits per heavy atom. The molecule has 102 valence electrons. The van der Waals surface area contributed by atoms with Gasteiger partial charge in [0.15, 0.2) is 5.78 Å².